The van der Waals surface area contributed by atoms with Gasteiger partial charge >= 0.3 is 0 Å². The minimum absolute atomic E-state index is 0.167. The van der Waals surface area contributed by atoms with Gasteiger partial charge in [0, 0.05) is 11.8 Å². The summed E-state index contributed by atoms with van der Waals surface area (Å²) in [6.45, 7) is 5.80. The molecule has 7 heteroatoms. The van der Waals surface area contributed by atoms with Gasteiger partial charge in [0.05, 0.1) is 12.6 Å². The van der Waals surface area contributed by atoms with E-state index in [0.717, 1.165) is 24.7 Å². The molecule has 2 aliphatic rings. The van der Waals surface area contributed by atoms with E-state index < -0.39 is 0 Å². The van der Waals surface area contributed by atoms with Crippen molar-refractivity contribution in [1.29, 1.82) is 0 Å². The molecule has 2 aromatic heterocycles. The lowest BCUT2D eigenvalue weighted by Crippen LogP contribution is -2.29. The van der Waals surface area contributed by atoms with Gasteiger partial charge in [-0.1, -0.05) is 31.8 Å². The van der Waals surface area contributed by atoms with Crippen molar-refractivity contribution in [3.8, 4) is 0 Å². The van der Waals surface area contributed by atoms with E-state index >= 15 is 0 Å². The van der Waals surface area contributed by atoms with E-state index in [1.807, 2.05) is 0 Å². The zero-order valence-corrected chi connectivity index (χ0v) is 14.4. The van der Waals surface area contributed by atoms with Crippen LogP contribution in [0.1, 0.15) is 93.7 Å². The van der Waals surface area contributed by atoms with Crippen molar-refractivity contribution in [3.63, 3.8) is 0 Å². The van der Waals surface area contributed by atoms with Crippen LogP contribution >= 0.6 is 0 Å². The molecule has 1 saturated carbocycles. The van der Waals surface area contributed by atoms with Crippen molar-refractivity contribution in [3.05, 3.63) is 23.5 Å². The Bertz CT molecular complexity index is 676. The first-order chi connectivity index (χ1) is 11.7. The van der Waals surface area contributed by atoms with Crippen molar-refractivity contribution in [2.24, 2.45) is 0 Å². The van der Waals surface area contributed by atoms with Crippen LogP contribution in [0.4, 0.5) is 0 Å². The number of hydrogen-bond acceptors (Lipinski definition) is 7. The molecule has 1 atom stereocenters. The summed E-state index contributed by atoms with van der Waals surface area (Å²) in [5.74, 6) is 3.76. The Morgan fingerprint density at radius 3 is 2.75 bits per heavy atom. The summed E-state index contributed by atoms with van der Waals surface area (Å²) in [4.78, 5) is 6.99. The molecule has 0 unspecified atom stereocenters. The molecule has 24 heavy (non-hydrogen) atoms. The lowest BCUT2D eigenvalue weighted by atomic mass is 10.1. The fourth-order valence-corrected chi connectivity index (χ4v) is 3.27. The highest BCUT2D eigenvalue weighted by atomic mass is 16.5. The van der Waals surface area contributed by atoms with Crippen LogP contribution in [0.2, 0.25) is 0 Å². The number of likely N-dealkylation sites (tertiary alicyclic amines) is 1. The minimum atomic E-state index is 0.167. The van der Waals surface area contributed by atoms with Crippen LogP contribution in [0.3, 0.4) is 0 Å². The van der Waals surface area contributed by atoms with Gasteiger partial charge in [-0.25, -0.2) is 0 Å². The van der Waals surface area contributed by atoms with Gasteiger partial charge in [0.2, 0.25) is 17.7 Å². The average Bonchev–Trinajstić information content (AvgIpc) is 3.19. The molecule has 0 radical (unpaired) electrons. The SMILES string of the molecule is CC(C)c1nc([C@H]2CCCCCN2Cc2nnc(C3CC3)o2)no1. The maximum atomic E-state index is 5.85. The van der Waals surface area contributed by atoms with Gasteiger partial charge in [0.1, 0.15) is 0 Å². The normalized spacial score (nSPS) is 22.9. The number of hydrogen-bond donors (Lipinski definition) is 0. The predicted molar refractivity (Wildman–Crippen MR) is 86.3 cm³/mol. The molecule has 1 saturated heterocycles. The molecule has 0 N–H and O–H groups in total. The highest BCUT2D eigenvalue weighted by molar-refractivity contribution is 5.02. The first kappa shape index (κ1) is 15.7. The van der Waals surface area contributed by atoms with E-state index in [2.05, 4.69) is 39.1 Å². The van der Waals surface area contributed by atoms with Crippen LogP contribution in [0.15, 0.2) is 8.94 Å². The maximum absolute atomic E-state index is 5.85. The molecule has 3 heterocycles. The second-order valence-electron chi connectivity index (χ2n) is 7.29. The van der Waals surface area contributed by atoms with Gasteiger partial charge in [-0.3, -0.25) is 4.90 Å². The Morgan fingerprint density at radius 2 is 2.00 bits per heavy atom. The second kappa shape index (κ2) is 6.63. The smallest absolute Gasteiger partial charge is 0.230 e. The largest absolute Gasteiger partial charge is 0.424 e. The number of nitrogens with zero attached hydrogens (tertiary/aromatic N) is 5. The first-order valence-corrected chi connectivity index (χ1v) is 9.10. The molecular formula is C17H25N5O2. The zero-order valence-electron chi connectivity index (χ0n) is 14.4. The maximum Gasteiger partial charge on any atom is 0.230 e. The predicted octanol–water partition coefficient (Wildman–Crippen LogP) is 3.57. The monoisotopic (exact) mass is 331 g/mol. The molecule has 1 aliphatic carbocycles. The van der Waals surface area contributed by atoms with Gasteiger partial charge in [-0.2, -0.15) is 4.98 Å². The standard InChI is InChI=1S/C17H25N5O2/c1-11(2)16-18-15(21-24-16)13-6-4-3-5-9-22(13)10-14-19-20-17(23-14)12-7-8-12/h11-13H,3-10H2,1-2H3/t13-/m1/s1. The molecule has 2 fully saturated rings. The molecule has 130 valence electrons. The lowest BCUT2D eigenvalue weighted by Gasteiger charge is -2.25. The number of aromatic nitrogens is 4. The quantitative estimate of drug-likeness (QED) is 0.828. The van der Waals surface area contributed by atoms with Crippen molar-refractivity contribution in [2.45, 2.75) is 76.8 Å². The third-order valence-electron chi connectivity index (χ3n) is 4.86. The lowest BCUT2D eigenvalue weighted by molar-refractivity contribution is 0.163. The molecule has 4 rings (SSSR count). The van der Waals surface area contributed by atoms with Crippen LogP contribution in [0.5, 0.6) is 0 Å². The molecule has 0 spiro atoms. The van der Waals surface area contributed by atoms with E-state index in [0.29, 0.717) is 24.2 Å². The van der Waals surface area contributed by atoms with Crippen LogP contribution in [0, 0.1) is 0 Å². The van der Waals surface area contributed by atoms with E-state index in [1.165, 1.54) is 32.1 Å². The summed E-state index contributed by atoms with van der Waals surface area (Å²) in [6.07, 6.45) is 6.99. The summed E-state index contributed by atoms with van der Waals surface area (Å²) in [7, 11) is 0. The van der Waals surface area contributed by atoms with Crippen LogP contribution < -0.4 is 0 Å². The Hall–Kier alpha value is -1.76. The minimum Gasteiger partial charge on any atom is -0.424 e. The fourth-order valence-electron chi connectivity index (χ4n) is 3.27. The summed E-state index contributed by atoms with van der Waals surface area (Å²) in [5.41, 5.74) is 0. The van der Waals surface area contributed by atoms with Crippen molar-refractivity contribution >= 4 is 0 Å². The van der Waals surface area contributed by atoms with E-state index in [-0.39, 0.29) is 12.0 Å². The summed E-state index contributed by atoms with van der Waals surface area (Å²) >= 11 is 0. The topological polar surface area (TPSA) is 81.1 Å². The number of rotatable bonds is 5. The van der Waals surface area contributed by atoms with Crippen LogP contribution in [-0.2, 0) is 6.54 Å². The molecule has 0 bridgehead atoms. The summed E-state index contributed by atoms with van der Waals surface area (Å²) < 4.78 is 11.3. The van der Waals surface area contributed by atoms with Gasteiger partial charge < -0.3 is 8.94 Å². The molecule has 0 amide bonds. The van der Waals surface area contributed by atoms with Gasteiger partial charge in [-0.05, 0) is 32.2 Å². The zero-order chi connectivity index (χ0) is 16.5. The first-order valence-electron chi connectivity index (χ1n) is 9.10. The van der Waals surface area contributed by atoms with E-state index in [9.17, 15) is 0 Å². The summed E-state index contributed by atoms with van der Waals surface area (Å²) in [6, 6.07) is 0.167. The Kier molecular flexibility index (Phi) is 4.35. The van der Waals surface area contributed by atoms with Crippen molar-refractivity contribution in [2.75, 3.05) is 6.54 Å². The Balaban J connectivity index is 1.52. The summed E-state index contributed by atoms with van der Waals surface area (Å²) in [5, 5.41) is 12.7. The van der Waals surface area contributed by atoms with Crippen LogP contribution in [0.25, 0.3) is 0 Å². The van der Waals surface area contributed by atoms with E-state index in [1.54, 1.807) is 0 Å². The van der Waals surface area contributed by atoms with Crippen molar-refractivity contribution < 1.29 is 8.94 Å². The molecule has 1 aliphatic heterocycles. The molecule has 7 nitrogen and oxygen atoms in total. The average molecular weight is 331 g/mol. The molecule has 0 aromatic carbocycles. The highest BCUT2D eigenvalue weighted by Crippen LogP contribution is 2.39. The molecule has 2 aromatic rings. The third-order valence-corrected chi connectivity index (χ3v) is 4.86. The van der Waals surface area contributed by atoms with Gasteiger partial charge in [-0.15, -0.1) is 10.2 Å². The van der Waals surface area contributed by atoms with Crippen LogP contribution in [-0.4, -0.2) is 31.8 Å². The molecular weight excluding hydrogens is 306 g/mol. The highest BCUT2D eigenvalue weighted by Gasteiger charge is 2.31. The Morgan fingerprint density at radius 1 is 1.12 bits per heavy atom. The van der Waals surface area contributed by atoms with Crippen molar-refractivity contribution in [1.82, 2.24) is 25.2 Å². The van der Waals surface area contributed by atoms with Gasteiger partial charge in [0.25, 0.3) is 0 Å². The second-order valence-corrected chi connectivity index (χ2v) is 7.29. The Labute approximate surface area is 141 Å². The van der Waals surface area contributed by atoms with Gasteiger partial charge in [0.15, 0.2) is 5.82 Å². The third kappa shape index (κ3) is 3.36. The van der Waals surface area contributed by atoms with E-state index in [4.69, 9.17) is 8.94 Å². The fraction of sp³-hybridized carbons (Fsp3) is 0.765.